The van der Waals surface area contributed by atoms with Gasteiger partial charge in [-0.3, -0.25) is 4.79 Å². The van der Waals surface area contributed by atoms with Crippen LogP contribution < -0.4 is 0 Å². The number of likely N-dealkylation sites (tertiary alicyclic amines) is 2. The van der Waals surface area contributed by atoms with Gasteiger partial charge in [0, 0.05) is 26.1 Å². The highest BCUT2D eigenvalue weighted by molar-refractivity contribution is 5.77. The van der Waals surface area contributed by atoms with Crippen LogP contribution in [0.25, 0.3) is 0 Å². The molecule has 2 atom stereocenters. The first-order valence-electron chi connectivity index (χ1n) is 9.13. The number of piperidine rings is 2. The molecular formula is C18H32N2O4. The Morgan fingerprint density at radius 3 is 2.33 bits per heavy atom. The van der Waals surface area contributed by atoms with Crippen LogP contribution in [-0.4, -0.2) is 64.3 Å². The van der Waals surface area contributed by atoms with E-state index in [9.17, 15) is 14.7 Å². The second-order valence-corrected chi connectivity index (χ2v) is 8.15. The van der Waals surface area contributed by atoms with E-state index in [2.05, 4.69) is 0 Å². The van der Waals surface area contributed by atoms with E-state index in [1.807, 2.05) is 32.6 Å². The zero-order chi connectivity index (χ0) is 17.9. The summed E-state index contributed by atoms with van der Waals surface area (Å²) < 4.78 is 5.40. The number of aliphatic hydroxyl groups is 1. The van der Waals surface area contributed by atoms with E-state index in [0.717, 1.165) is 32.2 Å². The number of nitrogens with zero attached hydrogens (tertiary/aromatic N) is 2. The van der Waals surface area contributed by atoms with Gasteiger partial charge in [-0.25, -0.2) is 4.79 Å². The summed E-state index contributed by atoms with van der Waals surface area (Å²) in [5, 5.41) is 9.94. The Hall–Kier alpha value is -1.30. The SMILES string of the molecule is CC1C(O)CCCN1C(=O)CC1CCN(C(=O)OC(C)(C)C)CC1. The van der Waals surface area contributed by atoms with Crippen LogP contribution in [0.5, 0.6) is 0 Å². The van der Waals surface area contributed by atoms with Crippen molar-refractivity contribution in [2.24, 2.45) is 5.92 Å². The van der Waals surface area contributed by atoms with Crippen molar-refractivity contribution in [1.82, 2.24) is 9.80 Å². The van der Waals surface area contributed by atoms with Gasteiger partial charge in [-0.15, -0.1) is 0 Å². The largest absolute Gasteiger partial charge is 0.444 e. The molecule has 0 aromatic rings. The summed E-state index contributed by atoms with van der Waals surface area (Å²) in [6, 6.07) is -0.0897. The third-order valence-corrected chi connectivity index (χ3v) is 5.00. The molecule has 2 aliphatic heterocycles. The Bertz CT molecular complexity index is 452. The van der Waals surface area contributed by atoms with Gasteiger partial charge in [-0.05, 0) is 59.3 Å². The van der Waals surface area contributed by atoms with Crippen molar-refractivity contribution in [3.8, 4) is 0 Å². The van der Waals surface area contributed by atoms with E-state index in [-0.39, 0.29) is 18.0 Å². The minimum absolute atomic E-state index is 0.0897. The summed E-state index contributed by atoms with van der Waals surface area (Å²) in [7, 11) is 0. The molecule has 138 valence electrons. The first-order chi connectivity index (χ1) is 11.2. The van der Waals surface area contributed by atoms with Gasteiger partial charge in [0.15, 0.2) is 0 Å². The lowest BCUT2D eigenvalue weighted by molar-refractivity contribution is -0.139. The van der Waals surface area contributed by atoms with Crippen molar-refractivity contribution in [1.29, 1.82) is 0 Å². The Morgan fingerprint density at radius 2 is 1.75 bits per heavy atom. The molecule has 1 N–H and O–H groups in total. The van der Waals surface area contributed by atoms with Crippen LogP contribution in [0.2, 0.25) is 0 Å². The molecule has 2 heterocycles. The number of amides is 2. The van der Waals surface area contributed by atoms with Crippen LogP contribution >= 0.6 is 0 Å². The van der Waals surface area contributed by atoms with Crippen molar-refractivity contribution in [3.05, 3.63) is 0 Å². The van der Waals surface area contributed by atoms with E-state index in [1.165, 1.54) is 0 Å². The van der Waals surface area contributed by atoms with Gasteiger partial charge < -0.3 is 19.6 Å². The molecule has 0 spiro atoms. The zero-order valence-corrected chi connectivity index (χ0v) is 15.5. The van der Waals surface area contributed by atoms with Gasteiger partial charge in [-0.1, -0.05) is 0 Å². The van der Waals surface area contributed by atoms with Crippen LogP contribution in [0.15, 0.2) is 0 Å². The smallest absolute Gasteiger partial charge is 0.410 e. The van der Waals surface area contributed by atoms with E-state index in [0.29, 0.717) is 25.4 Å². The highest BCUT2D eigenvalue weighted by atomic mass is 16.6. The Balaban J connectivity index is 1.78. The topological polar surface area (TPSA) is 70.1 Å². The number of ether oxygens (including phenoxy) is 1. The summed E-state index contributed by atoms with van der Waals surface area (Å²) in [5.41, 5.74) is -0.477. The lowest BCUT2D eigenvalue weighted by atomic mass is 9.92. The van der Waals surface area contributed by atoms with Crippen molar-refractivity contribution in [2.75, 3.05) is 19.6 Å². The minimum Gasteiger partial charge on any atom is -0.444 e. The molecule has 0 aliphatic carbocycles. The molecule has 0 radical (unpaired) electrons. The molecule has 2 fully saturated rings. The fraction of sp³-hybridized carbons (Fsp3) is 0.889. The van der Waals surface area contributed by atoms with Crippen LogP contribution in [0.4, 0.5) is 4.79 Å². The van der Waals surface area contributed by atoms with Crippen molar-refractivity contribution < 1.29 is 19.4 Å². The maximum Gasteiger partial charge on any atom is 0.410 e. The van der Waals surface area contributed by atoms with Gasteiger partial charge in [0.05, 0.1) is 12.1 Å². The maximum absolute atomic E-state index is 12.5. The van der Waals surface area contributed by atoms with Gasteiger partial charge in [0.25, 0.3) is 0 Å². The lowest BCUT2D eigenvalue weighted by Gasteiger charge is -2.38. The number of rotatable bonds is 2. The summed E-state index contributed by atoms with van der Waals surface area (Å²) in [5.74, 6) is 0.444. The first-order valence-corrected chi connectivity index (χ1v) is 9.13. The summed E-state index contributed by atoms with van der Waals surface area (Å²) >= 11 is 0. The van der Waals surface area contributed by atoms with Crippen molar-refractivity contribution in [2.45, 2.75) is 77.5 Å². The number of carbonyl (C=O) groups is 2. The summed E-state index contributed by atoms with van der Waals surface area (Å²) in [4.78, 5) is 28.2. The first kappa shape index (κ1) is 19.0. The molecule has 0 aromatic heterocycles. The van der Waals surface area contributed by atoms with E-state index in [4.69, 9.17) is 4.74 Å². The van der Waals surface area contributed by atoms with E-state index in [1.54, 1.807) is 4.90 Å². The van der Waals surface area contributed by atoms with Gasteiger partial charge >= 0.3 is 6.09 Å². The zero-order valence-electron chi connectivity index (χ0n) is 15.5. The predicted octanol–water partition coefficient (Wildman–Crippen LogP) is 2.40. The summed E-state index contributed by atoms with van der Waals surface area (Å²) in [6.45, 7) is 9.55. The highest BCUT2D eigenvalue weighted by Gasteiger charge is 2.32. The van der Waals surface area contributed by atoms with Crippen molar-refractivity contribution in [3.63, 3.8) is 0 Å². The minimum atomic E-state index is -0.477. The van der Waals surface area contributed by atoms with Crippen LogP contribution in [-0.2, 0) is 9.53 Å². The van der Waals surface area contributed by atoms with Crippen LogP contribution in [0, 0.1) is 5.92 Å². The molecule has 2 saturated heterocycles. The van der Waals surface area contributed by atoms with E-state index < -0.39 is 11.7 Å². The Kier molecular flexibility index (Phi) is 6.12. The van der Waals surface area contributed by atoms with Gasteiger partial charge in [-0.2, -0.15) is 0 Å². The maximum atomic E-state index is 12.5. The molecule has 6 nitrogen and oxygen atoms in total. The lowest BCUT2D eigenvalue weighted by Crippen LogP contribution is -2.50. The average molecular weight is 340 g/mol. The fourth-order valence-corrected chi connectivity index (χ4v) is 3.49. The van der Waals surface area contributed by atoms with Crippen molar-refractivity contribution >= 4 is 12.0 Å². The number of carbonyl (C=O) groups excluding carboxylic acids is 2. The molecule has 2 unspecified atom stereocenters. The quantitative estimate of drug-likeness (QED) is 0.838. The molecule has 0 bridgehead atoms. The molecule has 6 heteroatoms. The molecule has 24 heavy (non-hydrogen) atoms. The summed E-state index contributed by atoms with van der Waals surface area (Å²) in [6.07, 6.45) is 3.15. The average Bonchev–Trinajstić information content (AvgIpc) is 2.49. The second-order valence-electron chi connectivity index (χ2n) is 8.15. The second kappa shape index (κ2) is 7.72. The number of aliphatic hydroxyl groups excluding tert-OH is 1. The fourth-order valence-electron chi connectivity index (χ4n) is 3.49. The molecule has 2 amide bonds. The molecule has 2 aliphatic rings. The predicted molar refractivity (Wildman–Crippen MR) is 91.6 cm³/mol. The molecular weight excluding hydrogens is 308 g/mol. The van der Waals surface area contributed by atoms with E-state index >= 15 is 0 Å². The monoisotopic (exact) mass is 340 g/mol. The third kappa shape index (κ3) is 5.10. The number of hydrogen-bond acceptors (Lipinski definition) is 4. The third-order valence-electron chi connectivity index (χ3n) is 5.00. The van der Waals surface area contributed by atoms with Crippen LogP contribution in [0.1, 0.15) is 59.8 Å². The van der Waals surface area contributed by atoms with Gasteiger partial charge in [0.1, 0.15) is 5.60 Å². The number of hydrogen-bond donors (Lipinski definition) is 1. The highest BCUT2D eigenvalue weighted by Crippen LogP contribution is 2.25. The van der Waals surface area contributed by atoms with Crippen LogP contribution in [0.3, 0.4) is 0 Å². The molecule has 2 rings (SSSR count). The normalized spacial score (nSPS) is 26.4. The standard InChI is InChI=1S/C18H32N2O4/c1-13-15(21)6-5-9-20(13)16(22)12-14-7-10-19(11-8-14)17(23)24-18(2,3)4/h13-15,21H,5-12H2,1-4H3. The Morgan fingerprint density at radius 1 is 1.12 bits per heavy atom. The molecule has 0 aromatic carbocycles. The van der Waals surface area contributed by atoms with Gasteiger partial charge in [0.2, 0.25) is 5.91 Å². The molecule has 0 saturated carbocycles. The Labute approximate surface area is 145 Å².